The molecule has 0 atom stereocenters. The number of amides is 1. The second-order valence-electron chi connectivity index (χ2n) is 7.02. The number of pyridine rings is 1. The number of piperazine rings is 1. The molecule has 9 heteroatoms. The highest BCUT2D eigenvalue weighted by Gasteiger charge is 2.25. The maximum atomic E-state index is 14.9. The Kier molecular flexibility index (Phi) is 5.03. The Morgan fingerprint density at radius 1 is 1.20 bits per heavy atom. The maximum absolute atomic E-state index is 14.9. The standard InChI is InChI=1S/C21H20FN3O5/c1-2-23-12-14(21(28)29)19(26)13-10-15(22)17(11-16(13)23)24-5-7-25(8-6-24)20(27)18-4-3-9-30-18/h3-4,9-12H,2,5-8H2,1H3,(H,28,29)/p-1. The highest BCUT2D eigenvalue weighted by Crippen LogP contribution is 2.26. The van der Waals surface area contributed by atoms with Gasteiger partial charge in [0, 0.05) is 44.3 Å². The number of carboxylic acids is 1. The summed E-state index contributed by atoms with van der Waals surface area (Å²) in [6.07, 6.45) is 2.66. The third-order valence-corrected chi connectivity index (χ3v) is 5.35. The molecule has 1 amide bonds. The van der Waals surface area contributed by atoms with Gasteiger partial charge in [-0.15, -0.1) is 0 Å². The van der Waals surface area contributed by atoms with E-state index in [1.54, 1.807) is 39.5 Å². The Morgan fingerprint density at radius 3 is 2.53 bits per heavy atom. The Morgan fingerprint density at radius 2 is 1.93 bits per heavy atom. The molecular weight excluding hydrogens is 393 g/mol. The fourth-order valence-electron chi connectivity index (χ4n) is 3.76. The molecule has 0 aliphatic carbocycles. The summed E-state index contributed by atoms with van der Waals surface area (Å²) >= 11 is 0. The molecule has 0 bridgehead atoms. The number of hydrogen-bond donors (Lipinski definition) is 0. The summed E-state index contributed by atoms with van der Waals surface area (Å²) in [6, 6.07) is 5.88. The molecule has 3 aromatic rings. The topological polar surface area (TPSA) is 98.8 Å². The fraction of sp³-hybridized carbons (Fsp3) is 0.286. The summed E-state index contributed by atoms with van der Waals surface area (Å²) < 4.78 is 21.6. The minimum atomic E-state index is -1.59. The number of carboxylic acid groups (broad SMARTS) is 1. The number of aromatic nitrogens is 1. The molecule has 156 valence electrons. The van der Waals surface area contributed by atoms with Crippen molar-refractivity contribution in [2.45, 2.75) is 13.5 Å². The Hall–Kier alpha value is -3.62. The summed E-state index contributed by atoms with van der Waals surface area (Å²) in [4.78, 5) is 39.5. The van der Waals surface area contributed by atoms with E-state index in [4.69, 9.17) is 4.42 Å². The predicted octanol–water partition coefficient (Wildman–Crippen LogP) is 1.08. The SMILES string of the molecule is CCn1cc(C(=O)[O-])c(=O)c2cc(F)c(N3CCN(C(=O)c4ccco4)CC3)cc21. The summed E-state index contributed by atoms with van der Waals surface area (Å²) in [5.74, 6) is -2.17. The van der Waals surface area contributed by atoms with Gasteiger partial charge in [0.25, 0.3) is 5.91 Å². The molecule has 0 unspecified atom stereocenters. The largest absolute Gasteiger partial charge is 0.545 e. The quantitative estimate of drug-likeness (QED) is 0.636. The van der Waals surface area contributed by atoms with Gasteiger partial charge in [-0.05, 0) is 31.2 Å². The van der Waals surface area contributed by atoms with Crippen LogP contribution in [0.25, 0.3) is 10.9 Å². The van der Waals surface area contributed by atoms with E-state index in [0.717, 1.165) is 6.07 Å². The normalized spacial score (nSPS) is 14.3. The van der Waals surface area contributed by atoms with Gasteiger partial charge in [0.1, 0.15) is 5.82 Å². The lowest BCUT2D eigenvalue weighted by Crippen LogP contribution is -2.49. The van der Waals surface area contributed by atoms with Crippen LogP contribution >= 0.6 is 0 Å². The average molecular weight is 412 g/mol. The molecule has 0 spiro atoms. The third-order valence-electron chi connectivity index (χ3n) is 5.35. The number of aromatic carboxylic acids is 1. The van der Waals surface area contributed by atoms with Crippen molar-refractivity contribution in [2.75, 3.05) is 31.1 Å². The van der Waals surface area contributed by atoms with Crippen LogP contribution in [0.3, 0.4) is 0 Å². The lowest BCUT2D eigenvalue weighted by atomic mass is 10.1. The zero-order valence-corrected chi connectivity index (χ0v) is 16.3. The number of halogens is 1. The van der Waals surface area contributed by atoms with Crippen molar-refractivity contribution in [1.82, 2.24) is 9.47 Å². The van der Waals surface area contributed by atoms with Crippen LogP contribution in [-0.4, -0.2) is 47.5 Å². The molecule has 2 aromatic heterocycles. The minimum Gasteiger partial charge on any atom is -0.545 e. The number of furan rings is 1. The molecule has 1 fully saturated rings. The van der Waals surface area contributed by atoms with E-state index in [2.05, 4.69) is 0 Å². The van der Waals surface area contributed by atoms with Crippen molar-refractivity contribution in [3.63, 3.8) is 0 Å². The molecule has 1 saturated heterocycles. The Bertz CT molecular complexity index is 1180. The maximum Gasteiger partial charge on any atom is 0.289 e. The van der Waals surface area contributed by atoms with Crippen molar-refractivity contribution in [3.05, 3.63) is 64.1 Å². The molecule has 1 aliphatic rings. The van der Waals surface area contributed by atoms with E-state index in [-0.39, 0.29) is 17.1 Å². The van der Waals surface area contributed by atoms with Crippen LogP contribution in [0.1, 0.15) is 27.8 Å². The van der Waals surface area contributed by atoms with Gasteiger partial charge >= 0.3 is 0 Å². The zero-order chi connectivity index (χ0) is 21.4. The van der Waals surface area contributed by atoms with Crippen LogP contribution in [0.15, 0.2) is 45.9 Å². The van der Waals surface area contributed by atoms with E-state index in [0.29, 0.717) is 43.9 Å². The van der Waals surface area contributed by atoms with E-state index in [1.165, 1.54) is 12.5 Å². The first-order valence-electron chi connectivity index (χ1n) is 9.56. The average Bonchev–Trinajstić information content (AvgIpc) is 3.28. The van der Waals surface area contributed by atoms with Crippen molar-refractivity contribution in [1.29, 1.82) is 0 Å². The minimum absolute atomic E-state index is 0.00793. The van der Waals surface area contributed by atoms with Crippen molar-refractivity contribution in [3.8, 4) is 0 Å². The van der Waals surface area contributed by atoms with Crippen LogP contribution in [0.4, 0.5) is 10.1 Å². The van der Waals surface area contributed by atoms with Crippen molar-refractivity contribution in [2.24, 2.45) is 0 Å². The molecular formula is C21H19FN3O5-. The second-order valence-corrected chi connectivity index (χ2v) is 7.02. The van der Waals surface area contributed by atoms with Crippen LogP contribution in [-0.2, 0) is 6.54 Å². The van der Waals surface area contributed by atoms with Gasteiger partial charge in [-0.25, -0.2) is 4.39 Å². The molecule has 1 aromatic carbocycles. The lowest BCUT2D eigenvalue weighted by Gasteiger charge is -2.36. The van der Waals surface area contributed by atoms with Gasteiger partial charge < -0.3 is 28.7 Å². The number of carbonyl (C=O) groups excluding carboxylic acids is 2. The number of carbonyl (C=O) groups is 2. The van der Waals surface area contributed by atoms with Crippen molar-refractivity contribution >= 4 is 28.5 Å². The first-order chi connectivity index (χ1) is 14.4. The Labute approximate surface area is 170 Å². The Balaban J connectivity index is 1.65. The van der Waals surface area contributed by atoms with Crippen LogP contribution in [0.5, 0.6) is 0 Å². The van der Waals surface area contributed by atoms with Crippen molar-refractivity contribution < 1.29 is 23.5 Å². The van der Waals surface area contributed by atoms with Gasteiger partial charge in [0.05, 0.1) is 29.0 Å². The summed E-state index contributed by atoms with van der Waals surface area (Å²) in [5, 5.41) is 11.2. The third kappa shape index (κ3) is 3.32. The monoisotopic (exact) mass is 412 g/mol. The van der Waals surface area contributed by atoms with Gasteiger partial charge in [-0.2, -0.15) is 0 Å². The molecule has 1 aliphatic heterocycles. The molecule has 0 saturated carbocycles. The predicted molar refractivity (Wildman–Crippen MR) is 105 cm³/mol. The highest BCUT2D eigenvalue weighted by molar-refractivity contribution is 5.93. The summed E-state index contributed by atoms with van der Waals surface area (Å²) in [5.41, 5.74) is -0.524. The van der Waals surface area contributed by atoms with Gasteiger partial charge in [0.2, 0.25) is 0 Å². The molecule has 3 heterocycles. The highest BCUT2D eigenvalue weighted by atomic mass is 19.1. The number of aryl methyl sites for hydroxylation is 1. The van der Waals surface area contributed by atoms with Gasteiger partial charge in [0.15, 0.2) is 11.2 Å². The summed E-state index contributed by atoms with van der Waals surface area (Å²) in [7, 11) is 0. The molecule has 30 heavy (non-hydrogen) atoms. The van der Waals surface area contributed by atoms with E-state index in [9.17, 15) is 23.9 Å². The van der Waals surface area contributed by atoms with Gasteiger partial charge in [-0.3, -0.25) is 9.59 Å². The number of fused-ring (bicyclic) bond motifs is 1. The van der Waals surface area contributed by atoms with E-state index in [1.807, 2.05) is 0 Å². The zero-order valence-electron chi connectivity index (χ0n) is 16.3. The second kappa shape index (κ2) is 7.66. The number of anilines is 1. The smallest absolute Gasteiger partial charge is 0.289 e. The van der Waals surface area contributed by atoms with E-state index < -0.39 is 22.8 Å². The lowest BCUT2D eigenvalue weighted by molar-refractivity contribution is -0.255. The number of rotatable bonds is 4. The molecule has 0 N–H and O–H groups in total. The first kappa shape index (κ1) is 19.7. The fourth-order valence-corrected chi connectivity index (χ4v) is 3.76. The van der Waals surface area contributed by atoms with E-state index >= 15 is 0 Å². The summed E-state index contributed by atoms with van der Waals surface area (Å²) in [6.45, 7) is 3.78. The number of hydrogen-bond acceptors (Lipinski definition) is 6. The molecule has 4 rings (SSSR count). The first-order valence-corrected chi connectivity index (χ1v) is 9.56. The molecule has 8 nitrogen and oxygen atoms in total. The van der Waals surface area contributed by atoms with Crippen LogP contribution < -0.4 is 15.4 Å². The van der Waals surface area contributed by atoms with Gasteiger partial charge in [-0.1, -0.05) is 0 Å². The number of benzene rings is 1. The van der Waals surface area contributed by atoms with Crippen LogP contribution in [0, 0.1) is 5.82 Å². The molecule has 0 radical (unpaired) electrons. The number of nitrogens with zero attached hydrogens (tertiary/aromatic N) is 3. The van der Waals surface area contributed by atoms with Crippen LogP contribution in [0.2, 0.25) is 0 Å².